The average Bonchev–Trinajstić information content (AvgIpc) is 3.01. The number of thiophene rings is 1. The lowest BCUT2D eigenvalue weighted by atomic mass is 10.2. The van der Waals surface area contributed by atoms with Gasteiger partial charge in [-0.05, 0) is 36.6 Å². The van der Waals surface area contributed by atoms with Crippen LogP contribution in [0.25, 0.3) is 0 Å². The maximum Gasteiger partial charge on any atom is 0.340 e. The zero-order valence-corrected chi connectivity index (χ0v) is 14.2. The molecule has 1 heterocycles. The minimum atomic E-state index is -0.627. The number of nitrogen functional groups attached to an aromatic ring is 1. The summed E-state index contributed by atoms with van der Waals surface area (Å²) in [5.74, 6) is -0.986. The largest absolute Gasteiger partial charge is 0.452 e. The number of hydrogen-bond acceptors (Lipinski definition) is 5. The maximum absolute atomic E-state index is 11.9. The van der Waals surface area contributed by atoms with Gasteiger partial charge in [-0.2, -0.15) is 0 Å². The van der Waals surface area contributed by atoms with E-state index in [1.165, 1.54) is 0 Å². The fourth-order valence-corrected chi connectivity index (χ4v) is 2.90. The van der Waals surface area contributed by atoms with Gasteiger partial charge in [-0.3, -0.25) is 4.79 Å². The van der Waals surface area contributed by atoms with Crippen molar-refractivity contribution in [3.8, 4) is 0 Å². The summed E-state index contributed by atoms with van der Waals surface area (Å²) in [6.45, 7) is 1.53. The van der Waals surface area contributed by atoms with Gasteiger partial charge >= 0.3 is 5.97 Å². The number of rotatable bonds is 5. The highest BCUT2D eigenvalue weighted by molar-refractivity contribution is 9.10. The van der Waals surface area contributed by atoms with Crippen LogP contribution >= 0.6 is 27.3 Å². The molecule has 0 unspecified atom stereocenters. The second-order valence-electron chi connectivity index (χ2n) is 4.61. The Morgan fingerprint density at radius 3 is 2.86 bits per heavy atom. The van der Waals surface area contributed by atoms with E-state index in [2.05, 4.69) is 21.2 Å². The number of ether oxygens (including phenoxy) is 1. The summed E-state index contributed by atoms with van der Waals surface area (Å²) >= 11 is 4.81. The van der Waals surface area contributed by atoms with Crippen LogP contribution < -0.4 is 11.1 Å². The summed E-state index contributed by atoms with van der Waals surface area (Å²) in [5.41, 5.74) is 6.26. The zero-order valence-electron chi connectivity index (χ0n) is 11.8. The highest BCUT2D eigenvalue weighted by Crippen LogP contribution is 2.20. The van der Waals surface area contributed by atoms with Crippen LogP contribution in [0.15, 0.2) is 40.2 Å². The van der Waals surface area contributed by atoms with Crippen molar-refractivity contribution < 1.29 is 14.3 Å². The monoisotopic (exact) mass is 382 g/mol. The molecule has 0 aliphatic heterocycles. The van der Waals surface area contributed by atoms with Crippen molar-refractivity contribution in [3.63, 3.8) is 0 Å². The van der Waals surface area contributed by atoms with Crippen LogP contribution in [0.5, 0.6) is 0 Å². The number of amides is 1. The molecule has 0 radical (unpaired) electrons. The first kappa shape index (κ1) is 16.5. The number of halogens is 1. The predicted octanol–water partition coefficient (Wildman–Crippen LogP) is 3.13. The molecule has 0 fully saturated rings. The number of carbonyl (C=O) groups excluding carboxylic acids is 2. The third-order valence-electron chi connectivity index (χ3n) is 2.92. The molecule has 0 saturated carbocycles. The highest BCUT2D eigenvalue weighted by Gasteiger charge is 2.15. The van der Waals surface area contributed by atoms with Gasteiger partial charge in [-0.15, -0.1) is 11.3 Å². The van der Waals surface area contributed by atoms with Gasteiger partial charge < -0.3 is 15.8 Å². The maximum atomic E-state index is 11.9. The highest BCUT2D eigenvalue weighted by atomic mass is 79.9. The molecule has 0 spiro atoms. The Morgan fingerprint density at radius 1 is 1.41 bits per heavy atom. The number of carbonyl (C=O) groups is 2. The lowest BCUT2D eigenvalue weighted by Gasteiger charge is -2.12. The first-order valence-electron chi connectivity index (χ1n) is 6.52. The Hall–Kier alpha value is -1.86. The van der Waals surface area contributed by atoms with Gasteiger partial charge in [-0.25, -0.2) is 4.79 Å². The van der Waals surface area contributed by atoms with Crippen molar-refractivity contribution >= 4 is 44.8 Å². The summed E-state index contributed by atoms with van der Waals surface area (Å²) in [5, 5.41) is 4.71. The van der Waals surface area contributed by atoms with E-state index in [1.54, 1.807) is 29.5 Å². The quantitative estimate of drug-likeness (QED) is 0.614. The predicted molar refractivity (Wildman–Crippen MR) is 89.7 cm³/mol. The summed E-state index contributed by atoms with van der Waals surface area (Å²) in [4.78, 5) is 24.8. The van der Waals surface area contributed by atoms with Crippen molar-refractivity contribution in [1.29, 1.82) is 0 Å². The molecular weight excluding hydrogens is 368 g/mol. The molecule has 1 atom stereocenters. The van der Waals surface area contributed by atoms with Gasteiger partial charge in [-0.1, -0.05) is 22.0 Å². The molecule has 1 aromatic heterocycles. The number of anilines is 1. The van der Waals surface area contributed by atoms with E-state index in [1.807, 2.05) is 24.4 Å². The van der Waals surface area contributed by atoms with Gasteiger partial charge in [0.1, 0.15) is 0 Å². The first-order chi connectivity index (χ1) is 10.5. The number of benzene rings is 1. The van der Waals surface area contributed by atoms with E-state index in [4.69, 9.17) is 10.5 Å². The second-order valence-corrected chi connectivity index (χ2v) is 6.51. The third kappa shape index (κ3) is 4.32. The van der Waals surface area contributed by atoms with Crippen LogP contribution in [-0.2, 0) is 9.53 Å². The molecule has 5 nitrogen and oxygen atoms in total. The SMILES string of the molecule is C[C@@H](NC(=O)COC(=O)c1cc(Br)ccc1N)c1cccs1. The molecule has 3 N–H and O–H groups in total. The van der Waals surface area contributed by atoms with Crippen LogP contribution in [0.1, 0.15) is 28.2 Å². The molecule has 7 heteroatoms. The molecule has 2 aromatic rings. The van der Waals surface area contributed by atoms with E-state index in [0.29, 0.717) is 10.2 Å². The smallest absolute Gasteiger partial charge is 0.340 e. The van der Waals surface area contributed by atoms with E-state index in [0.717, 1.165) is 4.88 Å². The van der Waals surface area contributed by atoms with Crippen LogP contribution in [0.3, 0.4) is 0 Å². The Bertz CT molecular complexity index is 673. The van der Waals surface area contributed by atoms with Crippen molar-refractivity contribution in [1.82, 2.24) is 5.32 Å². The Labute approximate surface area is 140 Å². The zero-order chi connectivity index (χ0) is 16.1. The number of nitrogens with one attached hydrogen (secondary N) is 1. The number of nitrogens with two attached hydrogens (primary N) is 1. The van der Waals surface area contributed by atoms with Gasteiger partial charge in [0, 0.05) is 15.0 Å². The molecule has 1 aromatic carbocycles. The fraction of sp³-hybridized carbons (Fsp3) is 0.200. The molecule has 0 saturated heterocycles. The van der Waals surface area contributed by atoms with E-state index >= 15 is 0 Å². The van der Waals surface area contributed by atoms with Crippen molar-refractivity contribution in [2.45, 2.75) is 13.0 Å². The molecule has 0 aliphatic carbocycles. The van der Waals surface area contributed by atoms with Crippen LogP contribution in [0.4, 0.5) is 5.69 Å². The molecule has 1 amide bonds. The minimum Gasteiger partial charge on any atom is -0.452 e. The van der Waals surface area contributed by atoms with Gasteiger partial charge in [0.25, 0.3) is 5.91 Å². The van der Waals surface area contributed by atoms with Crippen molar-refractivity contribution in [2.24, 2.45) is 0 Å². The lowest BCUT2D eigenvalue weighted by molar-refractivity contribution is -0.124. The Kier molecular flexibility index (Phi) is 5.57. The minimum absolute atomic E-state index is 0.123. The molecule has 0 aliphatic rings. The Balaban J connectivity index is 1.88. The van der Waals surface area contributed by atoms with Gasteiger partial charge in [0.05, 0.1) is 11.6 Å². The van der Waals surface area contributed by atoms with Crippen LogP contribution in [-0.4, -0.2) is 18.5 Å². The first-order valence-corrected chi connectivity index (χ1v) is 8.19. The molecular formula is C15H15BrN2O3S. The standard InChI is InChI=1S/C15H15BrN2O3S/c1-9(13-3-2-6-22-13)18-14(19)8-21-15(20)11-7-10(16)4-5-12(11)17/h2-7,9H,8,17H2,1H3,(H,18,19)/t9-/m1/s1. The van der Waals surface area contributed by atoms with Gasteiger partial charge in [0.15, 0.2) is 6.61 Å². The second kappa shape index (κ2) is 7.42. The van der Waals surface area contributed by atoms with Crippen LogP contribution in [0, 0.1) is 0 Å². The molecule has 0 bridgehead atoms. The Morgan fingerprint density at radius 2 is 2.18 bits per heavy atom. The summed E-state index contributed by atoms with van der Waals surface area (Å²) < 4.78 is 5.71. The van der Waals surface area contributed by atoms with Crippen molar-refractivity contribution in [2.75, 3.05) is 12.3 Å². The third-order valence-corrected chi connectivity index (χ3v) is 4.47. The number of hydrogen-bond donors (Lipinski definition) is 2. The molecule has 116 valence electrons. The number of esters is 1. The normalized spacial score (nSPS) is 11.7. The molecule has 2 rings (SSSR count). The van der Waals surface area contributed by atoms with Crippen molar-refractivity contribution in [3.05, 3.63) is 50.6 Å². The van der Waals surface area contributed by atoms with E-state index in [9.17, 15) is 9.59 Å². The summed E-state index contributed by atoms with van der Waals surface area (Å²) in [6, 6.07) is 8.61. The topological polar surface area (TPSA) is 81.4 Å². The molecule has 22 heavy (non-hydrogen) atoms. The average molecular weight is 383 g/mol. The lowest BCUT2D eigenvalue weighted by Crippen LogP contribution is -2.30. The van der Waals surface area contributed by atoms with E-state index < -0.39 is 5.97 Å². The van der Waals surface area contributed by atoms with Gasteiger partial charge in [0.2, 0.25) is 0 Å². The summed E-state index contributed by atoms with van der Waals surface area (Å²) in [7, 11) is 0. The van der Waals surface area contributed by atoms with Crippen LogP contribution in [0.2, 0.25) is 0 Å². The fourth-order valence-electron chi connectivity index (χ4n) is 1.81. The van der Waals surface area contributed by atoms with E-state index in [-0.39, 0.29) is 24.1 Å². The summed E-state index contributed by atoms with van der Waals surface area (Å²) in [6.07, 6.45) is 0.